The van der Waals surface area contributed by atoms with Crippen molar-refractivity contribution in [1.29, 1.82) is 0 Å². The van der Waals surface area contributed by atoms with E-state index in [-0.39, 0.29) is 6.10 Å². The molecule has 104 valence electrons. The maximum Gasteiger partial charge on any atom is 0.0912 e. The maximum absolute atomic E-state index is 6.34. The van der Waals surface area contributed by atoms with Gasteiger partial charge in [-0.1, -0.05) is 48.5 Å². The summed E-state index contributed by atoms with van der Waals surface area (Å²) < 4.78 is 6.34. The topological polar surface area (TPSA) is 9.23 Å². The summed E-state index contributed by atoms with van der Waals surface area (Å²) in [7, 11) is 0. The highest BCUT2D eigenvalue weighted by atomic mass is 16.5. The van der Waals surface area contributed by atoms with E-state index in [0.717, 1.165) is 0 Å². The highest BCUT2D eigenvalue weighted by Gasteiger charge is 2.56. The Morgan fingerprint density at radius 1 is 0.857 bits per heavy atom. The zero-order valence-corrected chi connectivity index (χ0v) is 12.3. The number of ether oxygens (including phenoxy) is 1. The lowest BCUT2D eigenvalue weighted by Gasteiger charge is -2.38. The molecule has 1 heteroatoms. The summed E-state index contributed by atoms with van der Waals surface area (Å²) in [5.41, 5.74) is 8.48. The largest absolute Gasteiger partial charge is 0.364 e. The number of aryl methyl sites for hydroxylation is 2. The fraction of sp³-hybridized carbons (Fsp3) is 0.300. The summed E-state index contributed by atoms with van der Waals surface area (Å²) in [6, 6.07) is 15.5. The Morgan fingerprint density at radius 3 is 2.24 bits per heavy atom. The summed E-state index contributed by atoms with van der Waals surface area (Å²) in [6.07, 6.45) is 3.00. The first kappa shape index (κ1) is 11.8. The van der Waals surface area contributed by atoms with Crippen LogP contribution in [0.25, 0.3) is 5.57 Å². The average Bonchev–Trinajstić information content (AvgIpc) is 2.92. The molecule has 2 aromatic carbocycles. The van der Waals surface area contributed by atoms with Crippen LogP contribution in [0.15, 0.2) is 48.5 Å². The first-order valence-electron chi connectivity index (χ1n) is 7.77. The summed E-state index contributed by atoms with van der Waals surface area (Å²) in [5, 5.41) is 0. The third-order valence-corrected chi connectivity index (χ3v) is 5.53. The molecule has 1 saturated heterocycles. The predicted octanol–water partition coefficient (Wildman–Crippen LogP) is 4.76. The Morgan fingerprint density at radius 2 is 1.52 bits per heavy atom. The fourth-order valence-electron chi connectivity index (χ4n) is 4.31. The van der Waals surface area contributed by atoms with Gasteiger partial charge in [-0.15, -0.1) is 0 Å². The molecular weight excluding hydrogens is 256 g/mol. The molecule has 0 radical (unpaired) electrons. The number of hydrogen-bond acceptors (Lipinski definition) is 1. The third-order valence-electron chi connectivity index (χ3n) is 5.53. The minimum atomic E-state index is 0.273. The average molecular weight is 274 g/mol. The molecule has 0 unspecified atom stereocenters. The Bertz CT molecular complexity index is 772. The van der Waals surface area contributed by atoms with E-state index in [4.69, 9.17) is 4.74 Å². The zero-order valence-electron chi connectivity index (χ0n) is 12.3. The van der Waals surface area contributed by atoms with E-state index in [2.05, 4.69) is 62.4 Å². The molecule has 21 heavy (non-hydrogen) atoms. The highest BCUT2D eigenvalue weighted by molar-refractivity contribution is 5.76. The minimum Gasteiger partial charge on any atom is -0.364 e. The number of rotatable bonds is 1. The number of hydrogen-bond donors (Lipinski definition) is 0. The molecule has 5 rings (SSSR count). The quantitative estimate of drug-likeness (QED) is 0.728. The molecule has 0 N–H and O–H groups in total. The van der Waals surface area contributed by atoms with E-state index in [1.165, 1.54) is 33.4 Å². The lowest BCUT2D eigenvalue weighted by Crippen LogP contribution is -2.29. The number of fused-ring (bicyclic) bond motifs is 8. The van der Waals surface area contributed by atoms with Gasteiger partial charge in [0.2, 0.25) is 0 Å². The summed E-state index contributed by atoms with van der Waals surface area (Å²) in [4.78, 5) is 0. The van der Waals surface area contributed by atoms with E-state index >= 15 is 0 Å². The molecule has 0 amide bonds. The monoisotopic (exact) mass is 274 g/mol. The molecule has 0 aromatic heterocycles. The van der Waals surface area contributed by atoms with E-state index in [0.29, 0.717) is 17.9 Å². The van der Waals surface area contributed by atoms with E-state index in [1.54, 1.807) is 0 Å². The number of benzene rings is 2. The van der Waals surface area contributed by atoms with Crippen LogP contribution in [-0.2, 0) is 4.74 Å². The maximum atomic E-state index is 6.34. The van der Waals surface area contributed by atoms with Crippen LogP contribution >= 0.6 is 0 Å². The van der Waals surface area contributed by atoms with Crippen LogP contribution in [0.3, 0.4) is 0 Å². The van der Waals surface area contributed by atoms with Gasteiger partial charge in [-0.25, -0.2) is 0 Å². The van der Waals surface area contributed by atoms with Gasteiger partial charge in [0.05, 0.1) is 12.2 Å². The van der Waals surface area contributed by atoms with Gasteiger partial charge in [0.25, 0.3) is 0 Å². The van der Waals surface area contributed by atoms with Crippen molar-refractivity contribution >= 4 is 5.57 Å². The molecule has 0 saturated carbocycles. The van der Waals surface area contributed by atoms with Crippen LogP contribution < -0.4 is 0 Å². The molecule has 2 heterocycles. The summed E-state index contributed by atoms with van der Waals surface area (Å²) >= 11 is 0. The molecule has 4 atom stereocenters. The van der Waals surface area contributed by atoms with Gasteiger partial charge in [-0.3, -0.25) is 0 Å². The Labute approximate surface area is 125 Å². The van der Waals surface area contributed by atoms with Crippen LogP contribution in [0.2, 0.25) is 0 Å². The second kappa shape index (κ2) is 3.86. The van der Waals surface area contributed by atoms with Crippen molar-refractivity contribution in [2.75, 3.05) is 0 Å². The molecule has 2 aromatic rings. The molecular formula is C20H18O. The zero-order chi connectivity index (χ0) is 14.1. The van der Waals surface area contributed by atoms with Crippen molar-refractivity contribution in [3.05, 3.63) is 76.4 Å². The van der Waals surface area contributed by atoms with Crippen LogP contribution in [0, 0.1) is 25.7 Å². The van der Waals surface area contributed by atoms with Crippen molar-refractivity contribution in [3.63, 3.8) is 0 Å². The van der Waals surface area contributed by atoms with Crippen molar-refractivity contribution < 1.29 is 4.74 Å². The van der Waals surface area contributed by atoms with Crippen LogP contribution in [0.5, 0.6) is 0 Å². The molecule has 1 fully saturated rings. The Kier molecular flexibility index (Phi) is 2.16. The summed E-state index contributed by atoms with van der Waals surface area (Å²) in [5.74, 6) is 1.15. The van der Waals surface area contributed by atoms with Gasteiger partial charge < -0.3 is 4.74 Å². The standard InChI is InChI=1S/C20H18O/c1-11-8-15-16(9-12(11)2)20-18-14(10-17(18)19(15)21-20)13-6-4-3-5-7-13/h3-10,17-20H,1-2H3/t17-,18+,19+,20-/m0/s1. The van der Waals surface area contributed by atoms with Crippen LogP contribution in [0.4, 0.5) is 0 Å². The van der Waals surface area contributed by atoms with Crippen molar-refractivity contribution in [2.45, 2.75) is 26.1 Å². The van der Waals surface area contributed by atoms with Gasteiger partial charge >= 0.3 is 0 Å². The van der Waals surface area contributed by atoms with Gasteiger partial charge in [0.1, 0.15) is 0 Å². The van der Waals surface area contributed by atoms with Crippen LogP contribution in [0.1, 0.15) is 40.0 Å². The Hall–Kier alpha value is -1.86. The molecule has 0 spiro atoms. The fourth-order valence-corrected chi connectivity index (χ4v) is 4.31. The highest BCUT2D eigenvalue weighted by Crippen LogP contribution is 2.66. The van der Waals surface area contributed by atoms with Gasteiger partial charge in [0.15, 0.2) is 0 Å². The molecule has 1 nitrogen and oxygen atoms in total. The predicted molar refractivity (Wildman–Crippen MR) is 83.9 cm³/mol. The van der Waals surface area contributed by atoms with Gasteiger partial charge in [-0.2, -0.15) is 0 Å². The van der Waals surface area contributed by atoms with Crippen molar-refractivity contribution in [3.8, 4) is 0 Å². The molecule has 2 aliphatic heterocycles. The molecule has 1 aliphatic carbocycles. The Balaban J connectivity index is 1.59. The smallest absolute Gasteiger partial charge is 0.0912 e. The van der Waals surface area contributed by atoms with E-state index < -0.39 is 0 Å². The lowest BCUT2D eigenvalue weighted by molar-refractivity contribution is 0.0626. The molecule has 2 bridgehead atoms. The van der Waals surface area contributed by atoms with Crippen molar-refractivity contribution in [1.82, 2.24) is 0 Å². The normalized spacial score (nSPS) is 31.4. The second-order valence-electron chi connectivity index (χ2n) is 6.63. The van der Waals surface area contributed by atoms with E-state index in [9.17, 15) is 0 Å². The molecule has 3 aliphatic rings. The first-order chi connectivity index (χ1) is 10.2. The second-order valence-corrected chi connectivity index (χ2v) is 6.63. The van der Waals surface area contributed by atoms with Gasteiger partial charge in [0, 0.05) is 11.8 Å². The third kappa shape index (κ3) is 1.40. The van der Waals surface area contributed by atoms with Crippen molar-refractivity contribution in [2.24, 2.45) is 11.8 Å². The minimum absolute atomic E-state index is 0.273. The SMILES string of the molecule is Cc1cc2c(cc1C)[C@@H]1O[C@H]2[C@H]2C=C(c3ccccc3)[C@H]21. The first-order valence-corrected chi connectivity index (χ1v) is 7.77. The van der Waals surface area contributed by atoms with Gasteiger partial charge in [-0.05, 0) is 47.2 Å². The van der Waals surface area contributed by atoms with E-state index in [1.807, 2.05) is 0 Å². The van der Waals surface area contributed by atoms with Crippen LogP contribution in [-0.4, -0.2) is 0 Å². The lowest BCUT2D eigenvalue weighted by atomic mass is 9.63. The summed E-state index contributed by atoms with van der Waals surface area (Å²) in [6.45, 7) is 4.40.